The highest BCUT2D eigenvalue weighted by atomic mass is 35.5. The summed E-state index contributed by atoms with van der Waals surface area (Å²) in [5, 5.41) is 3.59. The lowest BCUT2D eigenvalue weighted by Gasteiger charge is -2.32. The molecule has 1 heterocycles. The molecule has 1 saturated carbocycles. The maximum Gasteiger partial charge on any atom is 0.260 e. The van der Waals surface area contributed by atoms with Crippen molar-refractivity contribution in [2.45, 2.75) is 31.7 Å². The van der Waals surface area contributed by atoms with Crippen LogP contribution in [0.1, 0.15) is 25.7 Å². The van der Waals surface area contributed by atoms with E-state index in [1.54, 1.807) is 0 Å². The summed E-state index contributed by atoms with van der Waals surface area (Å²) in [5.41, 5.74) is 0. The van der Waals surface area contributed by atoms with E-state index in [2.05, 4.69) is 5.32 Å². The third-order valence-corrected chi connectivity index (χ3v) is 4.78. The van der Waals surface area contributed by atoms with Crippen molar-refractivity contribution in [3.05, 3.63) is 29.0 Å². The van der Waals surface area contributed by atoms with Gasteiger partial charge in [0.15, 0.2) is 6.61 Å². The Hall–Kier alpha value is -1.33. The lowest BCUT2D eigenvalue weighted by molar-refractivity contribution is -0.134. The first kappa shape index (κ1) is 16.5. The molecule has 1 aliphatic heterocycles. The van der Waals surface area contributed by atoms with E-state index in [1.165, 1.54) is 31.0 Å². The number of piperidine rings is 1. The molecular weight excluding hydrogens is 319 g/mol. The predicted octanol–water partition coefficient (Wildman–Crippen LogP) is 2.85. The Morgan fingerprint density at radius 2 is 2.04 bits per heavy atom. The van der Waals surface area contributed by atoms with Gasteiger partial charge in [0, 0.05) is 25.2 Å². The van der Waals surface area contributed by atoms with Crippen molar-refractivity contribution in [1.82, 2.24) is 10.2 Å². The molecule has 0 aromatic heterocycles. The van der Waals surface area contributed by atoms with E-state index in [0.717, 1.165) is 38.4 Å². The molecule has 2 fully saturated rings. The molecule has 1 aromatic carbocycles. The molecular formula is C17H22ClFN2O2. The number of hydrogen-bond acceptors (Lipinski definition) is 3. The second-order valence-electron chi connectivity index (χ2n) is 6.37. The van der Waals surface area contributed by atoms with Gasteiger partial charge in [0.1, 0.15) is 11.6 Å². The van der Waals surface area contributed by atoms with Gasteiger partial charge in [-0.05, 0) is 50.3 Å². The summed E-state index contributed by atoms with van der Waals surface area (Å²) in [5.74, 6) is 0.758. The number of carbonyl (C=O) groups excluding carboxylic acids is 1. The fourth-order valence-corrected chi connectivity index (χ4v) is 2.96. The lowest BCUT2D eigenvalue weighted by atomic mass is 10.0. The first-order valence-electron chi connectivity index (χ1n) is 8.21. The number of rotatable bonds is 6. The molecule has 0 spiro atoms. The molecule has 2 aliphatic rings. The molecule has 23 heavy (non-hydrogen) atoms. The highest BCUT2D eigenvalue weighted by molar-refractivity contribution is 6.30. The third-order valence-electron chi connectivity index (χ3n) is 4.49. The van der Waals surface area contributed by atoms with Crippen LogP contribution in [0.15, 0.2) is 18.2 Å². The second kappa shape index (κ2) is 7.49. The zero-order valence-electron chi connectivity index (χ0n) is 13.1. The minimum atomic E-state index is -0.494. The number of ether oxygens (including phenoxy) is 1. The Morgan fingerprint density at radius 3 is 2.70 bits per heavy atom. The van der Waals surface area contributed by atoms with Crippen LogP contribution in [-0.4, -0.2) is 43.1 Å². The fraction of sp³-hybridized carbons (Fsp3) is 0.588. The average Bonchev–Trinajstić information content (AvgIpc) is 3.38. The minimum Gasteiger partial charge on any atom is -0.484 e. The molecule has 0 unspecified atom stereocenters. The number of amides is 1. The molecule has 1 saturated heterocycles. The van der Waals surface area contributed by atoms with E-state index < -0.39 is 5.82 Å². The zero-order valence-corrected chi connectivity index (χ0v) is 13.8. The fourth-order valence-electron chi connectivity index (χ4n) is 2.79. The van der Waals surface area contributed by atoms with Gasteiger partial charge >= 0.3 is 0 Å². The van der Waals surface area contributed by atoms with Crippen LogP contribution in [0.25, 0.3) is 0 Å². The van der Waals surface area contributed by atoms with E-state index in [-0.39, 0.29) is 17.5 Å². The third kappa shape index (κ3) is 4.82. The van der Waals surface area contributed by atoms with Crippen LogP contribution in [0, 0.1) is 11.7 Å². The molecule has 0 atom stereocenters. The average molecular weight is 341 g/mol. The van der Waals surface area contributed by atoms with Crippen LogP contribution in [0.2, 0.25) is 5.02 Å². The molecule has 6 heteroatoms. The van der Waals surface area contributed by atoms with Crippen LogP contribution in [-0.2, 0) is 4.79 Å². The highest BCUT2D eigenvalue weighted by Gasteiger charge is 2.26. The minimum absolute atomic E-state index is 0.00231. The van der Waals surface area contributed by atoms with Crippen molar-refractivity contribution in [3.8, 4) is 5.75 Å². The van der Waals surface area contributed by atoms with E-state index in [4.69, 9.17) is 16.3 Å². The second-order valence-corrected chi connectivity index (χ2v) is 6.78. The Labute approximate surface area is 140 Å². The molecule has 3 rings (SSSR count). The Morgan fingerprint density at radius 1 is 1.30 bits per heavy atom. The summed E-state index contributed by atoms with van der Waals surface area (Å²) < 4.78 is 18.5. The number of hydrogen-bond donors (Lipinski definition) is 1. The van der Waals surface area contributed by atoms with Gasteiger partial charge < -0.3 is 15.0 Å². The summed E-state index contributed by atoms with van der Waals surface area (Å²) >= 11 is 5.69. The summed E-state index contributed by atoms with van der Waals surface area (Å²) in [6, 6.07) is 4.62. The quantitative estimate of drug-likeness (QED) is 0.865. The SMILES string of the molecule is O=C(COc1ccc(F)c(Cl)c1)N1CCC(NCC2CC2)CC1. The molecule has 1 aromatic rings. The lowest BCUT2D eigenvalue weighted by Crippen LogP contribution is -2.46. The van der Waals surface area contributed by atoms with Gasteiger partial charge in [0.25, 0.3) is 5.91 Å². The van der Waals surface area contributed by atoms with Crippen molar-refractivity contribution in [1.29, 1.82) is 0 Å². The van der Waals surface area contributed by atoms with Crippen LogP contribution < -0.4 is 10.1 Å². The first-order chi connectivity index (χ1) is 11.1. The van der Waals surface area contributed by atoms with Crippen LogP contribution in [0.5, 0.6) is 5.75 Å². The normalized spacial score (nSPS) is 19.0. The molecule has 0 radical (unpaired) electrons. The van der Waals surface area contributed by atoms with E-state index in [1.807, 2.05) is 4.90 Å². The van der Waals surface area contributed by atoms with Crippen molar-refractivity contribution in [2.75, 3.05) is 26.2 Å². The maximum atomic E-state index is 13.1. The number of likely N-dealkylation sites (tertiary alicyclic amines) is 1. The van der Waals surface area contributed by atoms with E-state index in [0.29, 0.717) is 11.8 Å². The van der Waals surface area contributed by atoms with Crippen molar-refractivity contribution < 1.29 is 13.9 Å². The molecule has 1 amide bonds. The standard InChI is InChI=1S/C17H22ClFN2O2/c18-15-9-14(3-4-16(15)19)23-11-17(22)21-7-5-13(6-8-21)20-10-12-1-2-12/h3-4,9,12-13,20H,1-2,5-8,10-11H2. The van der Waals surface area contributed by atoms with Crippen molar-refractivity contribution >= 4 is 17.5 Å². The van der Waals surface area contributed by atoms with E-state index >= 15 is 0 Å². The van der Waals surface area contributed by atoms with Crippen LogP contribution in [0.4, 0.5) is 4.39 Å². The van der Waals surface area contributed by atoms with Crippen LogP contribution >= 0.6 is 11.6 Å². The predicted molar refractivity (Wildman–Crippen MR) is 87.2 cm³/mol. The Kier molecular flexibility index (Phi) is 5.38. The number of nitrogens with zero attached hydrogens (tertiary/aromatic N) is 1. The number of carbonyl (C=O) groups is 1. The first-order valence-corrected chi connectivity index (χ1v) is 8.58. The summed E-state index contributed by atoms with van der Waals surface area (Å²) in [4.78, 5) is 14.0. The smallest absolute Gasteiger partial charge is 0.260 e. The van der Waals surface area contributed by atoms with Gasteiger partial charge in [-0.15, -0.1) is 0 Å². The molecule has 1 aliphatic carbocycles. The Bertz CT molecular complexity index is 558. The number of nitrogens with one attached hydrogen (secondary N) is 1. The summed E-state index contributed by atoms with van der Waals surface area (Å²) in [6.45, 7) is 2.60. The van der Waals surface area contributed by atoms with Gasteiger partial charge in [-0.2, -0.15) is 0 Å². The van der Waals surface area contributed by atoms with Gasteiger partial charge in [0.05, 0.1) is 5.02 Å². The molecule has 126 valence electrons. The van der Waals surface area contributed by atoms with E-state index in [9.17, 15) is 9.18 Å². The van der Waals surface area contributed by atoms with Crippen LogP contribution in [0.3, 0.4) is 0 Å². The number of benzene rings is 1. The van der Waals surface area contributed by atoms with Crippen molar-refractivity contribution in [2.24, 2.45) is 5.92 Å². The monoisotopic (exact) mass is 340 g/mol. The van der Waals surface area contributed by atoms with Gasteiger partial charge in [-0.3, -0.25) is 4.79 Å². The van der Waals surface area contributed by atoms with Crippen molar-refractivity contribution in [3.63, 3.8) is 0 Å². The largest absolute Gasteiger partial charge is 0.484 e. The molecule has 0 bridgehead atoms. The zero-order chi connectivity index (χ0) is 16.2. The summed E-state index contributed by atoms with van der Waals surface area (Å²) in [7, 11) is 0. The molecule has 4 nitrogen and oxygen atoms in total. The van der Waals surface area contributed by atoms with Gasteiger partial charge in [-0.25, -0.2) is 4.39 Å². The Balaban J connectivity index is 1.39. The highest BCUT2D eigenvalue weighted by Crippen LogP contribution is 2.28. The number of halogens is 2. The molecule has 1 N–H and O–H groups in total. The maximum absolute atomic E-state index is 13.1. The van der Waals surface area contributed by atoms with Gasteiger partial charge in [-0.1, -0.05) is 11.6 Å². The van der Waals surface area contributed by atoms with Gasteiger partial charge in [0.2, 0.25) is 0 Å². The topological polar surface area (TPSA) is 41.6 Å². The summed E-state index contributed by atoms with van der Waals surface area (Å²) in [6.07, 6.45) is 4.69.